The molecule has 1 atom stereocenters. The number of benzene rings is 1. The molecule has 0 aliphatic carbocycles. The summed E-state index contributed by atoms with van der Waals surface area (Å²) in [5.74, 6) is 0.466. The number of thiocarbonyl (C=S) groups is 1. The van der Waals surface area contributed by atoms with Crippen molar-refractivity contribution in [3.63, 3.8) is 0 Å². The smallest absolute Gasteiger partial charge is 0.135 e. The summed E-state index contributed by atoms with van der Waals surface area (Å²) in [5, 5.41) is 0. The number of hydrogen-bond donors (Lipinski definition) is 1. The lowest BCUT2D eigenvalue weighted by atomic mass is 9.98. The Morgan fingerprint density at radius 1 is 1.42 bits per heavy atom. The number of hydrogen-bond acceptors (Lipinski definition) is 2. The molecule has 2 rings (SSSR count). The topological polar surface area (TPSA) is 29.3 Å². The third-order valence-corrected chi connectivity index (χ3v) is 4.21. The fourth-order valence-corrected chi connectivity index (χ4v) is 3.04. The maximum absolute atomic E-state index is 13.9. The second-order valence-electron chi connectivity index (χ2n) is 5.19. The van der Waals surface area contributed by atoms with E-state index in [2.05, 4.69) is 11.8 Å². The SMILES string of the molecule is CCC1CCCN(c2cccc(F)c2C(N)=S)CC1. The Bertz CT molecular complexity index is 461. The molecule has 0 bridgehead atoms. The standard InChI is InChI=1S/C15H21FN2S/c1-2-11-5-4-9-18(10-8-11)13-7-3-6-12(16)14(13)15(17)19/h3,6-7,11H,2,4-5,8-10H2,1H3,(H2,17,19). The lowest BCUT2D eigenvalue weighted by Crippen LogP contribution is -2.28. The van der Waals surface area contributed by atoms with Crippen LogP contribution in [0.3, 0.4) is 0 Å². The van der Waals surface area contributed by atoms with Gasteiger partial charge in [-0.15, -0.1) is 0 Å². The molecule has 1 aromatic carbocycles. The van der Waals surface area contributed by atoms with Gasteiger partial charge in [-0.05, 0) is 37.3 Å². The van der Waals surface area contributed by atoms with Gasteiger partial charge in [-0.3, -0.25) is 0 Å². The number of halogens is 1. The van der Waals surface area contributed by atoms with Crippen molar-refractivity contribution in [1.29, 1.82) is 0 Å². The summed E-state index contributed by atoms with van der Waals surface area (Å²) in [6.07, 6.45) is 4.78. The van der Waals surface area contributed by atoms with E-state index in [1.165, 1.54) is 18.9 Å². The van der Waals surface area contributed by atoms with E-state index in [0.717, 1.165) is 37.5 Å². The summed E-state index contributed by atoms with van der Waals surface area (Å²) in [6.45, 7) is 4.15. The van der Waals surface area contributed by atoms with E-state index >= 15 is 0 Å². The minimum absolute atomic E-state index is 0.143. The average molecular weight is 280 g/mol. The monoisotopic (exact) mass is 280 g/mol. The summed E-state index contributed by atoms with van der Waals surface area (Å²) in [7, 11) is 0. The maximum Gasteiger partial charge on any atom is 0.135 e. The van der Waals surface area contributed by atoms with E-state index in [9.17, 15) is 4.39 Å². The van der Waals surface area contributed by atoms with Crippen LogP contribution in [0.4, 0.5) is 10.1 Å². The van der Waals surface area contributed by atoms with Crippen molar-refractivity contribution >= 4 is 22.9 Å². The van der Waals surface area contributed by atoms with Crippen LogP contribution in [0.2, 0.25) is 0 Å². The van der Waals surface area contributed by atoms with Gasteiger partial charge in [0.25, 0.3) is 0 Å². The molecule has 2 N–H and O–H groups in total. The first kappa shape index (κ1) is 14.3. The summed E-state index contributed by atoms with van der Waals surface area (Å²) >= 11 is 5.00. The molecule has 0 radical (unpaired) electrons. The maximum atomic E-state index is 13.9. The van der Waals surface area contributed by atoms with Crippen LogP contribution in [0.5, 0.6) is 0 Å². The molecule has 1 unspecified atom stereocenters. The minimum atomic E-state index is -0.318. The normalized spacial score (nSPS) is 20.1. The highest BCUT2D eigenvalue weighted by Gasteiger charge is 2.20. The Labute approximate surface area is 119 Å². The van der Waals surface area contributed by atoms with Gasteiger partial charge in [0.15, 0.2) is 0 Å². The second kappa shape index (κ2) is 6.33. The minimum Gasteiger partial charge on any atom is -0.389 e. The van der Waals surface area contributed by atoms with Gasteiger partial charge in [-0.1, -0.05) is 31.6 Å². The van der Waals surface area contributed by atoms with E-state index in [0.29, 0.717) is 5.56 Å². The molecule has 1 aliphatic heterocycles. The fourth-order valence-electron chi connectivity index (χ4n) is 2.83. The van der Waals surface area contributed by atoms with Gasteiger partial charge in [0.1, 0.15) is 10.8 Å². The van der Waals surface area contributed by atoms with Crippen LogP contribution in [-0.4, -0.2) is 18.1 Å². The van der Waals surface area contributed by atoms with E-state index in [4.69, 9.17) is 18.0 Å². The van der Waals surface area contributed by atoms with Crippen molar-refractivity contribution in [1.82, 2.24) is 0 Å². The van der Waals surface area contributed by atoms with Crippen LogP contribution >= 0.6 is 12.2 Å². The van der Waals surface area contributed by atoms with Crippen molar-refractivity contribution in [3.8, 4) is 0 Å². The van der Waals surface area contributed by atoms with E-state index < -0.39 is 0 Å². The van der Waals surface area contributed by atoms with Crippen LogP contribution in [0.15, 0.2) is 18.2 Å². The molecular weight excluding hydrogens is 259 g/mol. The van der Waals surface area contributed by atoms with Crippen LogP contribution in [-0.2, 0) is 0 Å². The zero-order valence-electron chi connectivity index (χ0n) is 11.4. The van der Waals surface area contributed by atoms with Gasteiger partial charge >= 0.3 is 0 Å². The van der Waals surface area contributed by atoms with Crippen LogP contribution < -0.4 is 10.6 Å². The van der Waals surface area contributed by atoms with E-state index in [1.54, 1.807) is 6.07 Å². The molecule has 0 saturated carbocycles. The highest BCUT2D eigenvalue weighted by Crippen LogP contribution is 2.28. The Morgan fingerprint density at radius 3 is 2.89 bits per heavy atom. The van der Waals surface area contributed by atoms with Crippen molar-refractivity contribution < 1.29 is 4.39 Å². The van der Waals surface area contributed by atoms with E-state index in [1.807, 2.05) is 6.07 Å². The molecule has 0 aromatic heterocycles. The van der Waals surface area contributed by atoms with Crippen molar-refractivity contribution in [2.75, 3.05) is 18.0 Å². The number of nitrogens with zero attached hydrogens (tertiary/aromatic N) is 1. The predicted octanol–water partition coefficient (Wildman–Crippen LogP) is 3.48. The highest BCUT2D eigenvalue weighted by atomic mass is 32.1. The summed E-state index contributed by atoms with van der Waals surface area (Å²) < 4.78 is 13.9. The zero-order valence-corrected chi connectivity index (χ0v) is 12.2. The molecular formula is C15H21FN2S. The number of nitrogens with two attached hydrogens (primary N) is 1. The molecule has 1 saturated heterocycles. The molecule has 0 amide bonds. The van der Waals surface area contributed by atoms with Crippen molar-refractivity contribution in [3.05, 3.63) is 29.6 Å². The molecule has 1 aromatic rings. The van der Waals surface area contributed by atoms with Gasteiger partial charge in [0, 0.05) is 18.8 Å². The van der Waals surface area contributed by atoms with Crippen molar-refractivity contribution in [2.45, 2.75) is 32.6 Å². The van der Waals surface area contributed by atoms with E-state index in [-0.39, 0.29) is 10.8 Å². The average Bonchev–Trinajstić information content (AvgIpc) is 2.63. The third-order valence-electron chi connectivity index (χ3n) is 4.00. The van der Waals surface area contributed by atoms with Gasteiger partial charge in [0.2, 0.25) is 0 Å². The first-order chi connectivity index (χ1) is 9.13. The largest absolute Gasteiger partial charge is 0.389 e. The lowest BCUT2D eigenvalue weighted by Gasteiger charge is -2.25. The van der Waals surface area contributed by atoms with Gasteiger partial charge in [-0.2, -0.15) is 0 Å². The summed E-state index contributed by atoms with van der Waals surface area (Å²) in [6, 6.07) is 5.07. The fraction of sp³-hybridized carbons (Fsp3) is 0.533. The van der Waals surface area contributed by atoms with Crippen LogP contribution in [0.25, 0.3) is 0 Å². The summed E-state index contributed by atoms with van der Waals surface area (Å²) in [4.78, 5) is 2.37. The molecule has 4 heteroatoms. The third kappa shape index (κ3) is 3.24. The molecule has 104 valence electrons. The first-order valence-corrected chi connectivity index (χ1v) is 7.37. The first-order valence-electron chi connectivity index (χ1n) is 6.96. The predicted molar refractivity (Wildman–Crippen MR) is 82.1 cm³/mol. The van der Waals surface area contributed by atoms with Crippen molar-refractivity contribution in [2.24, 2.45) is 11.7 Å². The van der Waals surface area contributed by atoms with Crippen LogP contribution in [0, 0.1) is 11.7 Å². The number of rotatable bonds is 3. The number of anilines is 1. The van der Waals surface area contributed by atoms with Gasteiger partial charge in [0.05, 0.1) is 5.56 Å². The molecule has 1 aliphatic rings. The van der Waals surface area contributed by atoms with Crippen LogP contribution in [0.1, 0.15) is 38.2 Å². The van der Waals surface area contributed by atoms with Gasteiger partial charge < -0.3 is 10.6 Å². The van der Waals surface area contributed by atoms with Gasteiger partial charge in [-0.25, -0.2) is 4.39 Å². The molecule has 1 fully saturated rings. The highest BCUT2D eigenvalue weighted by molar-refractivity contribution is 7.80. The molecule has 0 spiro atoms. The second-order valence-corrected chi connectivity index (χ2v) is 5.63. The summed E-state index contributed by atoms with van der Waals surface area (Å²) in [5.41, 5.74) is 6.93. The molecule has 19 heavy (non-hydrogen) atoms. The zero-order chi connectivity index (χ0) is 13.8. The molecule has 1 heterocycles. The Kier molecular flexibility index (Phi) is 4.75. The quantitative estimate of drug-likeness (QED) is 0.860. The Hall–Kier alpha value is -1.16. The lowest BCUT2D eigenvalue weighted by molar-refractivity contribution is 0.459. The Morgan fingerprint density at radius 2 is 2.21 bits per heavy atom. The Balaban J connectivity index is 2.26. The molecule has 2 nitrogen and oxygen atoms in total.